The Morgan fingerprint density at radius 2 is 1.93 bits per heavy atom. The van der Waals surface area contributed by atoms with Crippen LogP contribution < -0.4 is 10.6 Å². The van der Waals surface area contributed by atoms with Crippen LogP contribution in [0.1, 0.15) is 52.4 Å². The van der Waals surface area contributed by atoms with Crippen molar-refractivity contribution in [2.24, 2.45) is 5.41 Å². The third-order valence-corrected chi connectivity index (χ3v) is 4.15. The Kier molecular flexibility index (Phi) is 3.68. The molecule has 0 bridgehead atoms. The number of hydrogen-bond acceptors (Lipinski definition) is 2. The van der Waals surface area contributed by atoms with Gasteiger partial charge >= 0.3 is 0 Å². The van der Waals surface area contributed by atoms with Crippen LogP contribution in [0.4, 0.5) is 0 Å². The number of rotatable bonds is 3. The molecule has 1 saturated carbocycles. The lowest BCUT2D eigenvalue weighted by Gasteiger charge is -2.35. The van der Waals surface area contributed by atoms with Gasteiger partial charge in [-0.25, -0.2) is 0 Å². The van der Waals surface area contributed by atoms with Crippen LogP contribution in [0.2, 0.25) is 0 Å². The van der Waals surface area contributed by atoms with E-state index in [4.69, 9.17) is 0 Å². The first-order valence-electron chi connectivity index (χ1n) is 6.62. The predicted octanol–water partition coefficient (Wildman–Crippen LogP) is 2.30. The van der Waals surface area contributed by atoms with Crippen LogP contribution in [0.25, 0.3) is 0 Å². The van der Waals surface area contributed by atoms with Crippen LogP contribution >= 0.6 is 0 Å². The zero-order chi connectivity index (χ0) is 10.7. The summed E-state index contributed by atoms with van der Waals surface area (Å²) >= 11 is 0. The Balaban J connectivity index is 1.64. The van der Waals surface area contributed by atoms with Gasteiger partial charge in [-0.3, -0.25) is 0 Å². The lowest BCUT2D eigenvalue weighted by atomic mass is 9.75. The lowest BCUT2D eigenvalue weighted by Crippen LogP contribution is -2.42. The maximum Gasteiger partial charge on any atom is 0.0193 e. The zero-order valence-corrected chi connectivity index (χ0v) is 10.3. The van der Waals surface area contributed by atoms with Gasteiger partial charge in [-0.1, -0.05) is 13.8 Å². The molecular weight excluding hydrogens is 184 g/mol. The smallest absolute Gasteiger partial charge is 0.0193 e. The molecule has 1 heterocycles. The Morgan fingerprint density at radius 1 is 1.20 bits per heavy atom. The SMILES string of the molecule is CC1(C)CCC(NCC2CCCN2)CC1. The molecule has 0 aromatic carbocycles. The topological polar surface area (TPSA) is 24.1 Å². The minimum absolute atomic E-state index is 0.601. The first kappa shape index (κ1) is 11.4. The van der Waals surface area contributed by atoms with Crippen LogP contribution in [0.5, 0.6) is 0 Å². The lowest BCUT2D eigenvalue weighted by molar-refractivity contribution is 0.205. The van der Waals surface area contributed by atoms with E-state index in [0.717, 1.165) is 12.1 Å². The molecule has 1 atom stereocenters. The van der Waals surface area contributed by atoms with Gasteiger partial charge in [-0.2, -0.15) is 0 Å². The standard InChI is InChI=1S/C13H26N2/c1-13(2)7-5-11(6-8-13)15-10-12-4-3-9-14-12/h11-12,14-15H,3-10H2,1-2H3. The van der Waals surface area contributed by atoms with Gasteiger partial charge in [0.2, 0.25) is 0 Å². The summed E-state index contributed by atoms with van der Waals surface area (Å²) in [6, 6.07) is 1.54. The first-order chi connectivity index (χ1) is 7.16. The van der Waals surface area contributed by atoms with Crippen molar-refractivity contribution in [3.05, 3.63) is 0 Å². The van der Waals surface area contributed by atoms with Gasteiger partial charge in [-0.05, 0) is 50.5 Å². The fraction of sp³-hybridized carbons (Fsp3) is 1.00. The Labute approximate surface area is 94.2 Å². The van der Waals surface area contributed by atoms with Crippen molar-refractivity contribution in [2.75, 3.05) is 13.1 Å². The third kappa shape index (κ3) is 3.46. The molecule has 1 aliphatic carbocycles. The third-order valence-electron chi connectivity index (χ3n) is 4.15. The molecule has 2 rings (SSSR count). The molecule has 2 aliphatic rings. The predicted molar refractivity (Wildman–Crippen MR) is 65.1 cm³/mol. The summed E-state index contributed by atoms with van der Waals surface area (Å²) < 4.78 is 0. The molecule has 1 saturated heterocycles. The van der Waals surface area contributed by atoms with Gasteiger partial charge in [0.15, 0.2) is 0 Å². The molecule has 0 aromatic rings. The van der Waals surface area contributed by atoms with Crippen molar-refractivity contribution in [3.63, 3.8) is 0 Å². The van der Waals surface area contributed by atoms with Crippen LogP contribution in [0.3, 0.4) is 0 Å². The van der Waals surface area contributed by atoms with Gasteiger partial charge in [0.25, 0.3) is 0 Å². The highest BCUT2D eigenvalue weighted by Crippen LogP contribution is 2.34. The fourth-order valence-corrected chi connectivity index (χ4v) is 2.84. The van der Waals surface area contributed by atoms with E-state index in [2.05, 4.69) is 24.5 Å². The van der Waals surface area contributed by atoms with E-state index in [1.807, 2.05) is 0 Å². The molecule has 2 fully saturated rings. The summed E-state index contributed by atoms with van der Waals surface area (Å²) in [7, 11) is 0. The van der Waals surface area contributed by atoms with Crippen molar-refractivity contribution < 1.29 is 0 Å². The molecule has 2 nitrogen and oxygen atoms in total. The van der Waals surface area contributed by atoms with Crippen molar-refractivity contribution in [3.8, 4) is 0 Å². The quantitative estimate of drug-likeness (QED) is 0.747. The van der Waals surface area contributed by atoms with Crippen LogP contribution in [0, 0.1) is 5.41 Å². The van der Waals surface area contributed by atoms with Gasteiger partial charge in [0, 0.05) is 18.6 Å². The summed E-state index contributed by atoms with van der Waals surface area (Å²) in [6.45, 7) is 7.22. The molecule has 1 unspecified atom stereocenters. The molecule has 0 radical (unpaired) electrons. The van der Waals surface area contributed by atoms with Crippen LogP contribution in [0.15, 0.2) is 0 Å². The van der Waals surface area contributed by atoms with E-state index in [9.17, 15) is 0 Å². The highest BCUT2D eigenvalue weighted by atomic mass is 15.0. The van der Waals surface area contributed by atoms with E-state index in [1.165, 1.54) is 51.6 Å². The minimum atomic E-state index is 0.601. The van der Waals surface area contributed by atoms with Crippen molar-refractivity contribution in [1.82, 2.24) is 10.6 Å². The van der Waals surface area contributed by atoms with E-state index in [-0.39, 0.29) is 0 Å². The van der Waals surface area contributed by atoms with Crippen molar-refractivity contribution >= 4 is 0 Å². The summed E-state index contributed by atoms with van der Waals surface area (Å²) in [6.07, 6.45) is 8.26. The molecule has 0 aromatic heterocycles. The molecule has 2 N–H and O–H groups in total. The molecular formula is C13H26N2. The average molecular weight is 210 g/mol. The first-order valence-corrected chi connectivity index (χ1v) is 6.62. The largest absolute Gasteiger partial charge is 0.313 e. The van der Waals surface area contributed by atoms with E-state index in [1.54, 1.807) is 0 Å². The molecule has 88 valence electrons. The van der Waals surface area contributed by atoms with Crippen LogP contribution in [-0.4, -0.2) is 25.2 Å². The summed E-state index contributed by atoms with van der Waals surface area (Å²) in [5, 5.41) is 7.29. The molecule has 1 aliphatic heterocycles. The summed E-state index contributed by atoms with van der Waals surface area (Å²) in [4.78, 5) is 0. The Morgan fingerprint density at radius 3 is 2.53 bits per heavy atom. The van der Waals surface area contributed by atoms with Gasteiger partial charge in [0.05, 0.1) is 0 Å². The van der Waals surface area contributed by atoms with Crippen molar-refractivity contribution in [2.45, 2.75) is 64.5 Å². The van der Waals surface area contributed by atoms with Gasteiger partial charge in [-0.15, -0.1) is 0 Å². The van der Waals surface area contributed by atoms with Gasteiger partial charge in [0.1, 0.15) is 0 Å². The summed E-state index contributed by atoms with van der Waals surface area (Å²) in [5.74, 6) is 0. The second kappa shape index (κ2) is 4.84. The van der Waals surface area contributed by atoms with Gasteiger partial charge < -0.3 is 10.6 Å². The Hall–Kier alpha value is -0.0800. The van der Waals surface area contributed by atoms with E-state index >= 15 is 0 Å². The van der Waals surface area contributed by atoms with E-state index < -0.39 is 0 Å². The normalized spacial score (nSPS) is 32.0. The molecule has 0 amide bonds. The monoisotopic (exact) mass is 210 g/mol. The maximum atomic E-state index is 3.74. The maximum absolute atomic E-state index is 3.74. The minimum Gasteiger partial charge on any atom is -0.313 e. The molecule has 2 heteroatoms. The number of hydrogen-bond donors (Lipinski definition) is 2. The highest BCUT2D eigenvalue weighted by molar-refractivity contribution is 4.84. The fourth-order valence-electron chi connectivity index (χ4n) is 2.84. The zero-order valence-electron chi connectivity index (χ0n) is 10.3. The molecule has 0 spiro atoms. The highest BCUT2D eigenvalue weighted by Gasteiger charge is 2.27. The van der Waals surface area contributed by atoms with Crippen LogP contribution in [-0.2, 0) is 0 Å². The van der Waals surface area contributed by atoms with E-state index in [0.29, 0.717) is 5.41 Å². The number of nitrogens with one attached hydrogen (secondary N) is 2. The molecule has 15 heavy (non-hydrogen) atoms. The Bertz CT molecular complexity index is 185. The second-order valence-corrected chi connectivity index (χ2v) is 6.14. The average Bonchev–Trinajstić information content (AvgIpc) is 2.69. The van der Waals surface area contributed by atoms with Crippen molar-refractivity contribution in [1.29, 1.82) is 0 Å². The summed E-state index contributed by atoms with van der Waals surface area (Å²) in [5.41, 5.74) is 0.601. The second-order valence-electron chi connectivity index (χ2n) is 6.14.